The summed E-state index contributed by atoms with van der Waals surface area (Å²) in [6.07, 6.45) is 4.78. The van der Waals surface area contributed by atoms with Crippen molar-refractivity contribution in [3.63, 3.8) is 0 Å². The minimum Gasteiger partial charge on any atom is -0.496 e. The number of likely N-dealkylation sites (tertiary alicyclic amines) is 2. The molecule has 2 atom stereocenters. The Morgan fingerprint density at radius 3 is 2.65 bits per heavy atom. The Bertz CT molecular complexity index is 676. The molecule has 2 heterocycles. The number of carbonyl (C=O) groups excluding carboxylic acids is 1. The number of methoxy groups -OCH3 is 1. The Morgan fingerprint density at radius 1 is 1.27 bits per heavy atom. The third kappa shape index (κ3) is 3.70. The van der Waals surface area contributed by atoms with E-state index in [1.165, 1.54) is 36.0 Å². The minimum atomic E-state index is -0.250. The lowest BCUT2D eigenvalue weighted by atomic mass is 9.88. The Kier molecular flexibility index (Phi) is 5.81. The maximum atomic E-state index is 12.4. The first-order valence-electron chi connectivity index (χ1n) is 9.31. The van der Waals surface area contributed by atoms with Crippen molar-refractivity contribution in [2.45, 2.75) is 32.2 Å². The molecule has 1 amide bonds. The van der Waals surface area contributed by atoms with Gasteiger partial charge in [0.2, 0.25) is 5.91 Å². The van der Waals surface area contributed by atoms with Crippen LogP contribution in [-0.2, 0) is 29.0 Å². The smallest absolute Gasteiger partial charge is 0.290 e. The number of fused-ring (bicyclic) bond motifs is 2. The number of nitrogens with zero attached hydrogens (tertiary/aromatic N) is 2. The number of aryl methyl sites for hydroxylation is 2. The van der Waals surface area contributed by atoms with Gasteiger partial charge in [-0.15, -0.1) is 0 Å². The highest BCUT2D eigenvalue weighted by molar-refractivity contribution is 5.80. The first-order chi connectivity index (χ1) is 12.6. The zero-order chi connectivity index (χ0) is 18.7. The Labute approximate surface area is 154 Å². The lowest BCUT2D eigenvalue weighted by Gasteiger charge is -2.30. The summed E-state index contributed by atoms with van der Waals surface area (Å²) >= 11 is 0. The van der Waals surface area contributed by atoms with Gasteiger partial charge in [-0.2, -0.15) is 0 Å². The predicted octanol–water partition coefficient (Wildman–Crippen LogP) is 1.79. The second-order valence-corrected chi connectivity index (χ2v) is 7.50. The number of carbonyl (C=O) groups is 2. The Balaban J connectivity index is 0.000000613. The first kappa shape index (κ1) is 18.7. The molecule has 1 aromatic carbocycles. The summed E-state index contributed by atoms with van der Waals surface area (Å²) in [7, 11) is 3.70. The molecule has 26 heavy (non-hydrogen) atoms. The van der Waals surface area contributed by atoms with E-state index < -0.39 is 0 Å². The van der Waals surface area contributed by atoms with Gasteiger partial charge in [0, 0.05) is 38.8 Å². The molecule has 0 saturated carbocycles. The molecule has 0 bridgehead atoms. The second kappa shape index (κ2) is 8.08. The second-order valence-electron chi connectivity index (χ2n) is 7.50. The van der Waals surface area contributed by atoms with Gasteiger partial charge >= 0.3 is 0 Å². The molecule has 142 valence electrons. The molecule has 3 aliphatic rings. The molecular formula is C20H28N2O4. The highest BCUT2D eigenvalue weighted by Crippen LogP contribution is 2.35. The van der Waals surface area contributed by atoms with Crippen LogP contribution in [-0.4, -0.2) is 61.1 Å². The number of benzene rings is 1. The summed E-state index contributed by atoms with van der Waals surface area (Å²) in [5.74, 6) is 2.10. The average Bonchev–Trinajstić information content (AvgIpc) is 3.24. The summed E-state index contributed by atoms with van der Waals surface area (Å²) in [6.45, 7) is 3.51. The number of hydrogen-bond donors (Lipinski definition) is 1. The summed E-state index contributed by atoms with van der Waals surface area (Å²) in [5, 5.41) is 6.89. The lowest BCUT2D eigenvalue weighted by Crippen LogP contribution is -2.42. The normalized spacial score (nSPS) is 24.5. The third-order valence-electron chi connectivity index (χ3n) is 5.93. The summed E-state index contributed by atoms with van der Waals surface area (Å²) in [6, 6.07) is 4.58. The lowest BCUT2D eigenvalue weighted by molar-refractivity contribution is -0.137. The quantitative estimate of drug-likeness (QED) is 0.833. The van der Waals surface area contributed by atoms with E-state index in [0.717, 1.165) is 38.3 Å². The van der Waals surface area contributed by atoms with Crippen molar-refractivity contribution in [1.29, 1.82) is 0 Å². The van der Waals surface area contributed by atoms with Crippen LogP contribution < -0.4 is 4.74 Å². The molecule has 4 rings (SSSR count). The molecule has 2 fully saturated rings. The number of amides is 1. The van der Waals surface area contributed by atoms with E-state index in [-0.39, 0.29) is 12.4 Å². The largest absolute Gasteiger partial charge is 0.496 e. The van der Waals surface area contributed by atoms with E-state index in [4.69, 9.17) is 14.6 Å². The average molecular weight is 360 g/mol. The Morgan fingerprint density at radius 2 is 1.96 bits per heavy atom. The van der Waals surface area contributed by atoms with Gasteiger partial charge in [-0.05, 0) is 48.8 Å². The Hall–Kier alpha value is -2.08. The SMILES string of the molecule is COc1cc2c(cc1CN1C[C@H]3CCN(C)C(=O)[C@H]3C1)CCC2.O=CO. The molecular weight excluding hydrogens is 332 g/mol. The fourth-order valence-electron chi connectivity index (χ4n) is 4.62. The zero-order valence-corrected chi connectivity index (χ0v) is 15.6. The van der Waals surface area contributed by atoms with Crippen LogP contribution in [0, 0.1) is 11.8 Å². The predicted molar refractivity (Wildman–Crippen MR) is 98.2 cm³/mol. The van der Waals surface area contributed by atoms with Crippen LogP contribution in [0.5, 0.6) is 5.75 Å². The number of carboxylic acid groups (broad SMARTS) is 1. The van der Waals surface area contributed by atoms with E-state index in [2.05, 4.69) is 17.0 Å². The van der Waals surface area contributed by atoms with Crippen molar-refractivity contribution >= 4 is 12.4 Å². The number of ether oxygens (including phenoxy) is 1. The number of rotatable bonds is 3. The van der Waals surface area contributed by atoms with Gasteiger partial charge in [-0.1, -0.05) is 6.07 Å². The van der Waals surface area contributed by atoms with Gasteiger partial charge < -0.3 is 14.7 Å². The monoisotopic (exact) mass is 360 g/mol. The molecule has 1 aromatic rings. The van der Waals surface area contributed by atoms with Crippen LogP contribution in [0.4, 0.5) is 0 Å². The van der Waals surface area contributed by atoms with E-state index in [9.17, 15) is 4.79 Å². The molecule has 2 saturated heterocycles. The minimum absolute atomic E-state index is 0.203. The highest BCUT2D eigenvalue weighted by atomic mass is 16.5. The molecule has 6 heteroatoms. The third-order valence-corrected chi connectivity index (χ3v) is 5.93. The van der Waals surface area contributed by atoms with Gasteiger partial charge in [0.1, 0.15) is 5.75 Å². The molecule has 1 N–H and O–H groups in total. The number of hydrogen-bond acceptors (Lipinski definition) is 4. The molecule has 0 spiro atoms. The highest BCUT2D eigenvalue weighted by Gasteiger charge is 2.41. The van der Waals surface area contributed by atoms with Crippen molar-refractivity contribution < 1.29 is 19.4 Å². The van der Waals surface area contributed by atoms with Gasteiger partial charge in [-0.25, -0.2) is 0 Å². The fraction of sp³-hybridized carbons (Fsp3) is 0.600. The first-order valence-corrected chi connectivity index (χ1v) is 9.31. The van der Waals surface area contributed by atoms with Gasteiger partial charge in [0.15, 0.2) is 0 Å². The summed E-state index contributed by atoms with van der Waals surface area (Å²) in [5.41, 5.74) is 4.23. The van der Waals surface area contributed by atoms with Crippen LogP contribution >= 0.6 is 0 Å². The van der Waals surface area contributed by atoms with Gasteiger partial charge in [0.25, 0.3) is 6.47 Å². The van der Waals surface area contributed by atoms with E-state index in [1.54, 1.807) is 7.11 Å². The van der Waals surface area contributed by atoms with Crippen LogP contribution in [0.3, 0.4) is 0 Å². The molecule has 2 aliphatic heterocycles. The molecule has 6 nitrogen and oxygen atoms in total. The molecule has 1 aliphatic carbocycles. The van der Waals surface area contributed by atoms with Crippen molar-refractivity contribution in [1.82, 2.24) is 9.80 Å². The molecule has 0 radical (unpaired) electrons. The zero-order valence-electron chi connectivity index (χ0n) is 15.6. The maximum Gasteiger partial charge on any atom is 0.290 e. The van der Waals surface area contributed by atoms with Gasteiger partial charge in [0.05, 0.1) is 13.0 Å². The van der Waals surface area contributed by atoms with E-state index >= 15 is 0 Å². The molecule has 0 aromatic heterocycles. The van der Waals surface area contributed by atoms with Crippen molar-refractivity contribution in [3.05, 3.63) is 28.8 Å². The standard InChI is InChI=1S/C19H26N2O2.CH2O2/c1-20-7-6-15-10-21(12-17(15)19(20)22)11-16-8-13-4-3-5-14(13)9-18(16)23-2;2-1-3/h8-9,15,17H,3-7,10-12H2,1-2H3;1H,(H,2,3)/t15-,17+;/m1./s1. The van der Waals surface area contributed by atoms with E-state index in [0.29, 0.717) is 11.8 Å². The van der Waals surface area contributed by atoms with E-state index in [1.807, 2.05) is 11.9 Å². The van der Waals surface area contributed by atoms with Crippen molar-refractivity contribution in [2.24, 2.45) is 11.8 Å². The van der Waals surface area contributed by atoms with Crippen molar-refractivity contribution in [2.75, 3.05) is 33.8 Å². The van der Waals surface area contributed by atoms with Crippen LogP contribution in [0.25, 0.3) is 0 Å². The molecule has 0 unspecified atom stereocenters. The summed E-state index contributed by atoms with van der Waals surface area (Å²) < 4.78 is 5.64. The number of piperidine rings is 1. The summed E-state index contributed by atoms with van der Waals surface area (Å²) in [4.78, 5) is 25.1. The van der Waals surface area contributed by atoms with Gasteiger partial charge in [-0.3, -0.25) is 14.5 Å². The van der Waals surface area contributed by atoms with Crippen LogP contribution in [0.15, 0.2) is 12.1 Å². The van der Waals surface area contributed by atoms with Crippen LogP contribution in [0.2, 0.25) is 0 Å². The van der Waals surface area contributed by atoms with Crippen LogP contribution in [0.1, 0.15) is 29.5 Å². The van der Waals surface area contributed by atoms with Crippen molar-refractivity contribution in [3.8, 4) is 5.75 Å². The fourth-order valence-corrected chi connectivity index (χ4v) is 4.62. The maximum absolute atomic E-state index is 12.4. The topological polar surface area (TPSA) is 70.1 Å².